The summed E-state index contributed by atoms with van der Waals surface area (Å²) < 4.78 is 10.1. The summed E-state index contributed by atoms with van der Waals surface area (Å²) in [7, 11) is 0. The summed E-state index contributed by atoms with van der Waals surface area (Å²) >= 11 is 0. The topological polar surface area (TPSA) is 35.5 Å². The third kappa shape index (κ3) is 6.75. The van der Waals surface area contributed by atoms with Crippen molar-refractivity contribution >= 4 is 6.16 Å². The van der Waals surface area contributed by atoms with Gasteiger partial charge < -0.3 is 9.47 Å². The minimum Gasteiger partial charge on any atom is -0.434 e. The summed E-state index contributed by atoms with van der Waals surface area (Å²) in [4.78, 5) is 11.2. The molecular formula is C11H22O3. The highest BCUT2D eigenvalue weighted by atomic mass is 16.7. The van der Waals surface area contributed by atoms with Gasteiger partial charge in [0.05, 0.1) is 6.61 Å². The van der Waals surface area contributed by atoms with E-state index in [-0.39, 0.29) is 0 Å². The van der Waals surface area contributed by atoms with Crippen LogP contribution in [0.4, 0.5) is 4.79 Å². The molecule has 0 atom stereocenters. The van der Waals surface area contributed by atoms with Crippen LogP contribution in [0.15, 0.2) is 0 Å². The summed E-state index contributed by atoms with van der Waals surface area (Å²) in [6.07, 6.45) is 3.22. The monoisotopic (exact) mass is 202 g/mol. The van der Waals surface area contributed by atoms with E-state index in [9.17, 15) is 4.79 Å². The Morgan fingerprint density at radius 3 is 2.36 bits per heavy atom. The number of carbonyl (C=O) groups excluding carboxylic acids is 1. The Bertz CT molecular complexity index is 164. The molecule has 84 valence electrons. The van der Waals surface area contributed by atoms with Gasteiger partial charge in [-0.15, -0.1) is 0 Å². The predicted molar refractivity (Wildman–Crippen MR) is 56.3 cm³/mol. The second-order valence-corrected chi connectivity index (χ2v) is 4.06. The van der Waals surface area contributed by atoms with E-state index in [1.54, 1.807) is 0 Å². The fourth-order valence-corrected chi connectivity index (χ4v) is 1.21. The van der Waals surface area contributed by atoms with Crippen molar-refractivity contribution in [2.75, 3.05) is 6.61 Å². The van der Waals surface area contributed by atoms with Crippen LogP contribution in [-0.4, -0.2) is 18.4 Å². The van der Waals surface area contributed by atoms with Crippen molar-refractivity contribution in [3.05, 3.63) is 0 Å². The highest BCUT2D eigenvalue weighted by Crippen LogP contribution is 2.17. The van der Waals surface area contributed by atoms with Crippen molar-refractivity contribution < 1.29 is 14.3 Å². The Labute approximate surface area is 86.8 Å². The van der Waals surface area contributed by atoms with Gasteiger partial charge in [-0.2, -0.15) is 0 Å². The van der Waals surface area contributed by atoms with Gasteiger partial charge in [-0.05, 0) is 26.7 Å². The molecule has 0 unspecified atom stereocenters. The highest BCUT2D eigenvalue weighted by Gasteiger charge is 2.22. The third-order valence-electron chi connectivity index (χ3n) is 1.93. The Morgan fingerprint density at radius 2 is 1.86 bits per heavy atom. The molecule has 0 aromatic heterocycles. The van der Waals surface area contributed by atoms with Crippen molar-refractivity contribution in [2.24, 2.45) is 0 Å². The molecule has 0 bridgehead atoms. The van der Waals surface area contributed by atoms with Gasteiger partial charge in [-0.1, -0.05) is 26.7 Å². The van der Waals surface area contributed by atoms with E-state index >= 15 is 0 Å². The first-order valence-electron chi connectivity index (χ1n) is 5.37. The standard InChI is InChI=1S/C11H22O3/c1-5-7-9-13-10(12)14-11(3,4)8-6-2/h5-9H2,1-4H3. The molecule has 14 heavy (non-hydrogen) atoms. The van der Waals surface area contributed by atoms with Crippen molar-refractivity contribution in [1.82, 2.24) is 0 Å². The lowest BCUT2D eigenvalue weighted by Gasteiger charge is -2.23. The molecule has 0 radical (unpaired) electrons. The van der Waals surface area contributed by atoms with Crippen LogP contribution in [0.5, 0.6) is 0 Å². The molecule has 0 amide bonds. The van der Waals surface area contributed by atoms with Gasteiger partial charge in [0.2, 0.25) is 0 Å². The van der Waals surface area contributed by atoms with Gasteiger partial charge in [-0.25, -0.2) is 4.79 Å². The molecular weight excluding hydrogens is 180 g/mol. The molecule has 3 nitrogen and oxygen atoms in total. The lowest BCUT2D eigenvalue weighted by molar-refractivity contribution is -0.0209. The lowest BCUT2D eigenvalue weighted by Crippen LogP contribution is -2.28. The molecule has 3 heteroatoms. The minimum atomic E-state index is -0.545. The van der Waals surface area contributed by atoms with Crippen molar-refractivity contribution in [1.29, 1.82) is 0 Å². The van der Waals surface area contributed by atoms with Crippen LogP contribution in [0.1, 0.15) is 53.4 Å². The molecule has 0 aliphatic heterocycles. The highest BCUT2D eigenvalue weighted by molar-refractivity contribution is 5.60. The van der Waals surface area contributed by atoms with Crippen molar-refractivity contribution in [3.63, 3.8) is 0 Å². The average molecular weight is 202 g/mol. The maximum Gasteiger partial charge on any atom is 0.508 e. The number of unbranched alkanes of at least 4 members (excludes halogenated alkanes) is 1. The smallest absolute Gasteiger partial charge is 0.434 e. The summed E-state index contributed by atoms with van der Waals surface area (Å²) in [6.45, 7) is 8.37. The second kappa shape index (κ2) is 6.68. The quantitative estimate of drug-likeness (QED) is 0.488. The zero-order valence-corrected chi connectivity index (χ0v) is 9.76. The molecule has 0 fully saturated rings. The van der Waals surface area contributed by atoms with E-state index in [0.29, 0.717) is 6.61 Å². The Kier molecular flexibility index (Phi) is 6.34. The van der Waals surface area contributed by atoms with Crippen LogP contribution < -0.4 is 0 Å². The molecule has 0 rings (SSSR count). The van der Waals surface area contributed by atoms with Crippen LogP contribution in [0.25, 0.3) is 0 Å². The summed E-state index contributed by atoms with van der Waals surface area (Å²) in [5, 5.41) is 0. The zero-order valence-electron chi connectivity index (χ0n) is 9.76. The Morgan fingerprint density at radius 1 is 1.21 bits per heavy atom. The van der Waals surface area contributed by atoms with Crippen LogP contribution in [-0.2, 0) is 9.47 Å². The average Bonchev–Trinajstić information content (AvgIpc) is 2.03. The van der Waals surface area contributed by atoms with E-state index in [1.165, 1.54) is 0 Å². The van der Waals surface area contributed by atoms with Crippen molar-refractivity contribution in [2.45, 2.75) is 59.0 Å². The lowest BCUT2D eigenvalue weighted by atomic mass is 10.0. The minimum absolute atomic E-state index is 0.405. The molecule has 0 N–H and O–H groups in total. The molecule has 0 aliphatic rings. The van der Waals surface area contributed by atoms with E-state index in [1.807, 2.05) is 13.8 Å². The van der Waals surface area contributed by atoms with E-state index in [4.69, 9.17) is 9.47 Å². The van der Waals surface area contributed by atoms with Crippen LogP contribution in [0.2, 0.25) is 0 Å². The van der Waals surface area contributed by atoms with Gasteiger partial charge in [0, 0.05) is 0 Å². The first-order chi connectivity index (χ1) is 6.52. The molecule has 0 spiro atoms. The predicted octanol–water partition coefficient (Wildman–Crippen LogP) is 3.52. The Hall–Kier alpha value is -0.730. The van der Waals surface area contributed by atoms with Gasteiger partial charge in [0.15, 0.2) is 0 Å². The first kappa shape index (κ1) is 13.3. The van der Waals surface area contributed by atoms with Gasteiger partial charge in [0.25, 0.3) is 0 Å². The SMILES string of the molecule is CCCCOC(=O)OC(C)(C)CCC. The summed E-state index contributed by atoms with van der Waals surface area (Å²) in [5.41, 5.74) is -0.405. The van der Waals surface area contributed by atoms with E-state index in [2.05, 4.69) is 13.8 Å². The normalized spacial score (nSPS) is 11.1. The van der Waals surface area contributed by atoms with Gasteiger partial charge in [0.1, 0.15) is 5.60 Å². The summed E-state index contributed by atoms with van der Waals surface area (Å²) in [6, 6.07) is 0. The zero-order chi connectivity index (χ0) is 11.0. The van der Waals surface area contributed by atoms with E-state index < -0.39 is 11.8 Å². The van der Waals surface area contributed by atoms with Gasteiger partial charge in [-0.3, -0.25) is 0 Å². The van der Waals surface area contributed by atoms with Crippen LogP contribution >= 0.6 is 0 Å². The molecule has 0 saturated carbocycles. The van der Waals surface area contributed by atoms with E-state index in [0.717, 1.165) is 25.7 Å². The van der Waals surface area contributed by atoms with Gasteiger partial charge >= 0.3 is 6.16 Å². The maximum absolute atomic E-state index is 11.2. The first-order valence-corrected chi connectivity index (χ1v) is 5.37. The fourth-order valence-electron chi connectivity index (χ4n) is 1.21. The number of hydrogen-bond acceptors (Lipinski definition) is 3. The number of carbonyl (C=O) groups is 1. The third-order valence-corrected chi connectivity index (χ3v) is 1.93. The molecule has 0 heterocycles. The van der Waals surface area contributed by atoms with Crippen molar-refractivity contribution in [3.8, 4) is 0 Å². The molecule has 0 aliphatic carbocycles. The molecule has 0 saturated heterocycles. The van der Waals surface area contributed by atoms with Crippen LogP contribution in [0, 0.1) is 0 Å². The fraction of sp³-hybridized carbons (Fsp3) is 0.909. The number of rotatable bonds is 6. The molecule has 0 aromatic rings. The maximum atomic E-state index is 11.2. The largest absolute Gasteiger partial charge is 0.508 e. The summed E-state index contributed by atoms with van der Waals surface area (Å²) in [5.74, 6) is 0. The van der Waals surface area contributed by atoms with Crippen LogP contribution in [0.3, 0.4) is 0 Å². The Balaban J connectivity index is 3.69. The number of ether oxygens (including phenoxy) is 2. The molecule has 0 aromatic carbocycles. The number of hydrogen-bond donors (Lipinski definition) is 0. The second-order valence-electron chi connectivity index (χ2n) is 4.06.